The molecule has 2 fully saturated rings. The van der Waals surface area contributed by atoms with E-state index in [1.807, 2.05) is 25.1 Å². The van der Waals surface area contributed by atoms with E-state index in [0.29, 0.717) is 6.04 Å². The lowest BCUT2D eigenvalue weighted by molar-refractivity contribution is -0.126. The second-order valence-corrected chi connectivity index (χ2v) is 6.46. The highest BCUT2D eigenvalue weighted by Crippen LogP contribution is 2.40. The van der Waals surface area contributed by atoms with Gasteiger partial charge in [0.1, 0.15) is 11.5 Å². The molecule has 0 aromatic heterocycles. The topological polar surface area (TPSA) is 50.8 Å². The molecule has 1 aromatic rings. The molecule has 0 unspecified atom stereocenters. The minimum atomic E-state index is -0.126. The molecule has 23 heavy (non-hydrogen) atoms. The van der Waals surface area contributed by atoms with Crippen molar-refractivity contribution in [3.05, 3.63) is 23.8 Å². The first kappa shape index (κ1) is 16.1. The van der Waals surface area contributed by atoms with Crippen molar-refractivity contribution in [3.8, 4) is 11.5 Å². The number of amides is 1. The summed E-state index contributed by atoms with van der Waals surface area (Å²) >= 11 is 0. The molecule has 2 aliphatic rings. The van der Waals surface area contributed by atoms with Gasteiger partial charge >= 0.3 is 0 Å². The Morgan fingerprint density at radius 2 is 2.04 bits per heavy atom. The van der Waals surface area contributed by atoms with Crippen LogP contribution in [0.15, 0.2) is 18.2 Å². The first-order valence-corrected chi connectivity index (χ1v) is 8.42. The van der Waals surface area contributed by atoms with Gasteiger partial charge in [0.05, 0.1) is 20.3 Å². The van der Waals surface area contributed by atoms with Crippen LogP contribution >= 0.6 is 0 Å². The van der Waals surface area contributed by atoms with Gasteiger partial charge < -0.3 is 14.8 Å². The third kappa shape index (κ3) is 3.44. The van der Waals surface area contributed by atoms with Crippen LogP contribution in [0.1, 0.15) is 44.2 Å². The molecule has 1 amide bonds. The molecule has 0 radical (unpaired) electrons. The largest absolute Gasteiger partial charge is 0.497 e. The van der Waals surface area contributed by atoms with Gasteiger partial charge in [-0.15, -0.1) is 0 Å². The van der Waals surface area contributed by atoms with Crippen molar-refractivity contribution in [1.82, 2.24) is 10.2 Å². The highest BCUT2D eigenvalue weighted by molar-refractivity contribution is 5.82. The van der Waals surface area contributed by atoms with Crippen molar-refractivity contribution in [2.24, 2.45) is 0 Å². The molecule has 0 spiro atoms. The summed E-state index contributed by atoms with van der Waals surface area (Å²) in [5.74, 6) is 1.82. The summed E-state index contributed by atoms with van der Waals surface area (Å²) in [6, 6.07) is 6.36. The Hall–Kier alpha value is -1.75. The average molecular weight is 318 g/mol. The van der Waals surface area contributed by atoms with Crippen LogP contribution in [-0.4, -0.2) is 43.7 Å². The maximum absolute atomic E-state index is 12.4. The number of hydrogen-bond donors (Lipinski definition) is 1. The van der Waals surface area contributed by atoms with Gasteiger partial charge in [0, 0.05) is 17.6 Å². The fourth-order valence-electron chi connectivity index (χ4n) is 3.39. The number of carbonyl (C=O) groups is 1. The zero-order chi connectivity index (χ0) is 16.4. The fourth-order valence-corrected chi connectivity index (χ4v) is 3.39. The second kappa shape index (κ2) is 6.79. The lowest BCUT2D eigenvalue weighted by Crippen LogP contribution is -2.45. The fraction of sp³-hybridized carbons (Fsp3) is 0.611. The summed E-state index contributed by atoms with van der Waals surface area (Å²) in [5.41, 5.74) is 1.11. The maximum Gasteiger partial charge on any atom is 0.237 e. The highest BCUT2D eigenvalue weighted by Gasteiger charge is 2.36. The highest BCUT2D eigenvalue weighted by atomic mass is 16.5. The maximum atomic E-state index is 12.4. The zero-order valence-electron chi connectivity index (χ0n) is 14.2. The predicted molar refractivity (Wildman–Crippen MR) is 88.9 cm³/mol. The average Bonchev–Trinajstić information content (AvgIpc) is 3.25. The Kier molecular flexibility index (Phi) is 4.76. The Labute approximate surface area is 137 Å². The van der Waals surface area contributed by atoms with Gasteiger partial charge in [-0.2, -0.15) is 0 Å². The number of methoxy groups -OCH3 is 2. The molecule has 3 rings (SSSR count). The number of benzene rings is 1. The van der Waals surface area contributed by atoms with Crippen LogP contribution in [0, 0.1) is 0 Å². The number of likely N-dealkylation sites (tertiary alicyclic amines) is 1. The summed E-state index contributed by atoms with van der Waals surface area (Å²) in [6.45, 7) is 2.94. The molecule has 1 N–H and O–H groups in total. The van der Waals surface area contributed by atoms with E-state index in [1.165, 1.54) is 0 Å². The molecular formula is C18H26N2O3. The molecule has 1 aliphatic carbocycles. The molecule has 2 atom stereocenters. The van der Waals surface area contributed by atoms with E-state index in [1.54, 1.807) is 14.2 Å². The second-order valence-electron chi connectivity index (χ2n) is 6.46. The standard InChI is InChI=1S/C18H26N2O3/c1-12(18(21)19-13-6-7-13)20-10-4-5-16(20)15-11-14(22-2)8-9-17(15)23-3/h8-9,11-13,16H,4-7,10H2,1-3H3,(H,19,21)/t12-,16+/m0/s1. The Balaban J connectivity index is 1.81. The zero-order valence-corrected chi connectivity index (χ0v) is 14.2. The van der Waals surface area contributed by atoms with Crippen molar-refractivity contribution in [2.75, 3.05) is 20.8 Å². The van der Waals surface area contributed by atoms with Gasteiger partial charge in [0.25, 0.3) is 0 Å². The molecule has 1 aromatic carbocycles. The van der Waals surface area contributed by atoms with Gasteiger partial charge in [0.15, 0.2) is 0 Å². The molecule has 5 nitrogen and oxygen atoms in total. The van der Waals surface area contributed by atoms with Crippen LogP contribution in [0.25, 0.3) is 0 Å². The minimum absolute atomic E-state index is 0.126. The quantitative estimate of drug-likeness (QED) is 0.875. The SMILES string of the molecule is COc1ccc(OC)c([C@H]2CCCN2[C@@H](C)C(=O)NC2CC2)c1. The summed E-state index contributed by atoms with van der Waals surface area (Å²) in [5, 5.41) is 3.12. The summed E-state index contributed by atoms with van der Waals surface area (Å²) in [7, 11) is 3.36. The number of nitrogens with one attached hydrogen (secondary N) is 1. The number of carbonyl (C=O) groups excluding carboxylic acids is 1. The van der Waals surface area contributed by atoms with Crippen molar-refractivity contribution < 1.29 is 14.3 Å². The van der Waals surface area contributed by atoms with Gasteiger partial charge in [-0.1, -0.05) is 0 Å². The van der Waals surface area contributed by atoms with E-state index in [9.17, 15) is 4.79 Å². The lowest BCUT2D eigenvalue weighted by Gasteiger charge is -2.31. The Bertz CT molecular complexity index is 571. The van der Waals surface area contributed by atoms with E-state index < -0.39 is 0 Å². The molecule has 5 heteroatoms. The Morgan fingerprint density at radius 3 is 2.70 bits per heavy atom. The van der Waals surface area contributed by atoms with Gasteiger partial charge in [0.2, 0.25) is 5.91 Å². The van der Waals surface area contributed by atoms with Crippen molar-refractivity contribution >= 4 is 5.91 Å². The van der Waals surface area contributed by atoms with Crippen LogP contribution in [0.4, 0.5) is 0 Å². The normalized spacial score (nSPS) is 22.7. The van der Waals surface area contributed by atoms with Crippen molar-refractivity contribution in [1.29, 1.82) is 0 Å². The van der Waals surface area contributed by atoms with Crippen LogP contribution in [-0.2, 0) is 4.79 Å². The first-order valence-electron chi connectivity index (χ1n) is 8.42. The van der Waals surface area contributed by atoms with Crippen LogP contribution in [0.5, 0.6) is 11.5 Å². The third-order valence-electron chi connectivity index (χ3n) is 4.89. The van der Waals surface area contributed by atoms with E-state index in [4.69, 9.17) is 9.47 Å². The van der Waals surface area contributed by atoms with Crippen LogP contribution in [0.3, 0.4) is 0 Å². The smallest absolute Gasteiger partial charge is 0.237 e. The Morgan fingerprint density at radius 1 is 1.26 bits per heavy atom. The first-order chi connectivity index (χ1) is 11.1. The lowest BCUT2D eigenvalue weighted by atomic mass is 10.0. The van der Waals surface area contributed by atoms with Gasteiger partial charge in [-0.3, -0.25) is 9.69 Å². The summed E-state index contributed by atoms with van der Waals surface area (Å²) in [4.78, 5) is 14.7. The van der Waals surface area contributed by atoms with Crippen molar-refractivity contribution in [2.45, 2.75) is 50.7 Å². The number of hydrogen-bond acceptors (Lipinski definition) is 4. The monoisotopic (exact) mass is 318 g/mol. The molecular weight excluding hydrogens is 292 g/mol. The molecule has 126 valence electrons. The molecule has 1 aliphatic heterocycles. The van der Waals surface area contributed by atoms with E-state index in [0.717, 1.165) is 49.3 Å². The number of ether oxygens (including phenoxy) is 2. The van der Waals surface area contributed by atoms with E-state index in [2.05, 4.69) is 10.2 Å². The van der Waals surface area contributed by atoms with E-state index in [-0.39, 0.29) is 18.0 Å². The minimum Gasteiger partial charge on any atom is -0.497 e. The summed E-state index contributed by atoms with van der Waals surface area (Å²) < 4.78 is 10.9. The molecule has 1 heterocycles. The van der Waals surface area contributed by atoms with Crippen LogP contribution in [0.2, 0.25) is 0 Å². The predicted octanol–water partition coefficient (Wildman–Crippen LogP) is 2.51. The number of rotatable bonds is 6. The molecule has 1 saturated heterocycles. The van der Waals surface area contributed by atoms with E-state index >= 15 is 0 Å². The summed E-state index contributed by atoms with van der Waals surface area (Å²) in [6.07, 6.45) is 4.36. The number of nitrogens with zero attached hydrogens (tertiary/aromatic N) is 1. The molecule has 1 saturated carbocycles. The van der Waals surface area contributed by atoms with Crippen molar-refractivity contribution in [3.63, 3.8) is 0 Å². The third-order valence-corrected chi connectivity index (χ3v) is 4.89. The van der Waals surface area contributed by atoms with Gasteiger partial charge in [-0.25, -0.2) is 0 Å². The van der Waals surface area contributed by atoms with Gasteiger partial charge in [-0.05, 0) is 57.4 Å². The molecule has 0 bridgehead atoms. The van der Waals surface area contributed by atoms with Crippen LogP contribution < -0.4 is 14.8 Å².